The molecule has 1 aromatic carbocycles. The number of hydrogen-bond acceptors (Lipinski definition) is 7. The predicted molar refractivity (Wildman–Crippen MR) is 131 cm³/mol. The minimum atomic E-state index is -4.61. The van der Waals surface area contributed by atoms with Crippen molar-refractivity contribution in [3.05, 3.63) is 71.6 Å². The van der Waals surface area contributed by atoms with E-state index in [2.05, 4.69) is 25.5 Å². The first-order valence-electron chi connectivity index (χ1n) is 11.2. The summed E-state index contributed by atoms with van der Waals surface area (Å²) in [7, 11) is 1.66. The lowest BCUT2D eigenvalue weighted by Gasteiger charge is -2.07. The summed E-state index contributed by atoms with van der Waals surface area (Å²) in [5.41, 5.74) is 3.31. The van der Waals surface area contributed by atoms with Crippen LogP contribution < -0.4 is 5.48 Å². The van der Waals surface area contributed by atoms with Crippen LogP contribution in [0.2, 0.25) is 0 Å². The van der Waals surface area contributed by atoms with Gasteiger partial charge < -0.3 is 4.57 Å². The van der Waals surface area contributed by atoms with E-state index in [4.69, 9.17) is 4.84 Å². The molecule has 4 aromatic heterocycles. The van der Waals surface area contributed by atoms with Crippen LogP contribution in [0, 0.1) is 5.82 Å². The highest BCUT2D eigenvalue weighted by Gasteiger charge is 2.33. The van der Waals surface area contributed by atoms with Crippen molar-refractivity contribution in [3.8, 4) is 11.4 Å². The van der Waals surface area contributed by atoms with Crippen LogP contribution in [0.3, 0.4) is 0 Å². The number of nitrogens with one attached hydrogen (secondary N) is 1. The molecule has 9 nitrogen and oxygen atoms in total. The summed E-state index contributed by atoms with van der Waals surface area (Å²) in [6, 6.07) is 7.98. The predicted octanol–water partition coefficient (Wildman–Crippen LogP) is 4.81. The summed E-state index contributed by atoms with van der Waals surface area (Å²) in [6.45, 7) is 1.92. The van der Waals surface area contributed by atoms with Crippen LogP contribution in [-0.2, 0) is 24.7 Å². The highest BCUT2D eigenvalue weighted by molar-refractivity contribution is 7.99. The lowest BCUT2D eigenvalue weighted by atomic mass is 10.2. The molecule has 0 aliphatic carbocycles. The highest BCUT2D eigenvalue weighted by Crippen LogP contribution is 2.36. The Kier molecular flexibility index (Phi) is 6.75. The molecule has 0 unspecified atom stereocenters. The first-order chi connectivity index (χ1) is 18.2. The molecule has 38 heavy (non-hydrogen) atoms. The first-order valence-corrected chi connectivity index (χ1v) is 12.2. The van der Waals surface area contributed by atoms with Gasteiger partial charge in [-0.1, -0.05) is 19.1 Å². The van der Waals surface area contributed by atoms with E-state index in [9.17, 15) is 22.4 Å². The maximum absolute atomic E-state index is 13.2. The van der Waals surface area contributed by atoms with E-state index >= 15 is 0 Å². The monoisotopic (exact) mass is 545 g/mol. The van der Waals surface area contributed by atoms with E-state index in [0.717, 1.165) is 12.3 Å². The summed E-state index contributed by atoms with van der Waals surface area (Å²) >= 11 is 1.37. The van der Waals surface area contributed by atoms with Crippen molar-refractivity contribution >= 4 is 34.3 Å². The smallest absolute Gasteiger partial charge is 0.326 e. The van der Waals surface area contributed by atoms with Crippen molar-refractivity contribution in [1.82, 2.24) is 34.6 Å². The third kappa shape index (κ3) is 4.79. The number of rotatable bonds is 7. The molecule has 1 N–H and O–H groups in total. The Hall–Kier alpha value is -4.04. The lowest BCUT2D eigenvalue weighted by molar-refractivity contribution is -0.141. The number of aryl methyl sites for hydroxylation is 1. The molecule has 0 aliphatic rings. The normalized spacial score (nSPS) is 11.9. The number of carbonyl (C=O) groups excluding carboxylic acids is 1. The van der Waals surface area contributed by atoms with Crippen molar-refractivity contribution in [2.24, 2.45) is 7.05 Å². The van der Waals surface area contributed by atoms with Crippen molar-refractivity contribution in [2.45, 2.75) is 24.7 Å². The van der Waals surface area contributed by atoms with E-state index in [1.54, 1.807) is 11.6 Å². The highest BCUT2D eigenvalue weighted by atomic mass is 32.2. The Morgan fingerprint density at radius 2 is 1.92 bits per heavy atom. The summed E-state index contributed by atoms with van der Waals surface area (Å²) in [5, 5.41) is 5.05. The van der Waals surface area contributed by atoms with E-state index in [1.807, 2.05) is 6.92 Å². The summed E-state index contributed by atoms with van der Waals surface area (Å²) in [4.78, 5) is 30.6. The molecular weight excluding hydrogens is 526 g/mol. The number of nitrogens with zero attached hydrogens (tertiary/aromatic N) is 6. The topological polar surface area (TPSA) is 99.2 Å². The number of aromatic nitrogens is 6. The Balaban J connectivity index is 1.52. The van der Waals surface area contributed by atoms with Crippen LogP contribution in [-0.4, -0.2) is 40.8 Å². The SMILES string of the molecule is CCSc1nn2c(C(=O)NOCc3ccc(F)cc3)ccnc2c1-c1nc2cc(C(F)(F)F)ncc2n1C. The van der Waals surface area contributed by atoms with Gasteiger partial charge in [0, 0.05) is 13.2 Å². The van der Waals surface area contributed by atoms with E-state index in [0.29, 0.717) is 33.2 Å². The summed E-state index contributed by atoms with van der Waals surface area (Å²) in [5.74, 6) is -0.0386. The number of thioether (sulfide) groups is 1. The second-order valence-corrected chi connectivity index (χ2v) is 9.33. The molecule has 0 saturated carbocycles. The molecule has 5 rings (SSSR count). The maximum Gasteiger partial charge on any atom is 0.433 e. The van der Waals surface area contributed by atoms with Crippen LogP contribution >= 0.6 is 11.8 Å². The van der Waals surface area contributed by atoms with Gasteiger partial charge >= 0.3 is 6.18 Å². The van der Waals surface area contributed by atoms with E-state index < -0.39 is 17.8 Å². The molecule has 14 heteroatoms. The van der Waals surface area contributed by atoms with Crippen LogP contribution in [0.5, 0.6) is 0 Å². The molecule has 0 spiro atoms. The van der Waals surface area contributed by atoms with Gasteiger partial charge in [-0.3, -0.25) is 9.63 Å². The number of imidazole rings is 1. The molecule has 5 aromatic rings. The van der Waals surface area contributed by atoms with Crippen molar-refractivity contribution < 1.29 is 27.2 Å². The van der Waals surface area contributed by atoms with Crippen LogP contribution in [0.1, 0.15) is 28.7 Å². The number of benzene rings is 1. The second-order valence-electron chi connectivity index (χ2n) is 8.08. The summed E-state index contributed by atoms with van der Waals surface area (Å²) < 4.78 is 55.6. The third-order valence-electron chi connectivity index (χ3n) is 5.60. The van der Waals surface area contributed by atoms with Gasteiger partial charge in [0.2, 0.25) is 0 Å². The molecule has 1 amide bonds. The fraction of sp³-hybridized carbons (Fsp3) is 0.208. The minimum Gasteiger partial charge on any atom is -0.326 e. The Bertz CT molecular complexity index is 1650. The molecule has 0 atom stereocenters. The number of hydroxylamine groups is 1. The van der Waals surface area contributed by atoms with Crippen molar-refractivity contribution in [2.75, 3.05) is 5.75 Å². The van der Waals surface area contributed by atoms with Crippen LogP contribution in [0.25, 0.3) is 28.1 Å². The zero-order valence-electron chi connectivity index (χ0n) is 20.0. The number of amides is 1. The zero-order valence-corrected chi connectivity index (χ0v) is 20.8. The fourth-order valence-electron chi connectivity index (χ4n) is 3.82. The summed E-state index contributed by atoms with van der Waals surface area (Å²) in [6.07, 6.45) is -2.07. The van der Waals surface area contributed by atoms with E-state index in [1.165, 1.54) is 52.8 Å². The average Bonchev–Trinajstić information content (AvgIpc) is 3.41. The molecule has 0 aliphatic heterocycles. The number of halogens is 4. The average molecular weight is 546 g/mol. The van der Waals surface area contributed by atoms with E-state index in [-0.39, 0.29) is 29.3 Å². The number of alkyl halides is 3. The van der Waals surface area contributed by atoms with Gasteiger partial charge in [-0.05, 0) is 35.6 Å². The van der Waals surface area contributed by atoms with Crippen molar-refractivity contribution in [3.63, 3.8) is 0 Å². The quantitative estimate of drug-likeness (QED) is 0.178. The fourth-order valence-corrected chi connectivity index (χ4v) is 4.56. The second kappa shape index (κ2) is 10.0. The number of carbonyl (C=O) groups is 1. The van der Waals surface area contributed by atoms with Crippen LogP contribution in [0.4, 0.5) is 17.6 Å². The minimum absolute atomic E-state index is 0.00927. The Morgan fingerprint density at radius 3 is 2.63 bits per heavy atom. The van der Waals surface area contributed by atoms with Crippen molar-refractivity contribution in [1.29, 1.82) is 0 Å². The molecular formula is C24H19F4N7O2S. The molecule has 196 valence electrons. The Labute approximate surface area is 216 Å². The van der Waals surface area contributed by atoms with Gasteiger partial charge in [-0.25, -0.2) is 29.3 Å². The number of hydrogen-bond donors (Lipinski definition) is 1. The largest absolute Gasteiger partial charge is 0.433 e. The number of pyridine rings is 1. The molecule has 0 fully saturated rings. The molecule has 0 radical (unpaired) electrons. The van der Waals surface area contributed by atoms with Gasteiger partial charge in [0.1, 0.15) is 28.1 Å². The molecule has 0 bridgehead atoms. The van der Waals surface area contributed by atoms with Gasteiger partial charge in [0.05, 0.1) is 29.4 Å². The number of fused-ring (bicyclic) bond motifs is 2. The van der Waals surface area contributed by atoms with Gasteiger partial charge in [0.25, 0.3) is 5.91 Å². The maximum atomic E-state index is 13.2. The zero-order chi connectivity index (χ0) is 27.0. The third-order valence-corrected chi connectivity index (χ3v) is 6.45. The van der Waals surface area contributed by atoms with Gasteiger partial charge in [-0.2, -0.15) is 18.3 Å². The van der Waals surface area contributed by atoms with Crippen LogP contribution in [0.15, 0.2) is 53.8 Å². The lowest BCUT2D eigenvalue weighted by Crippen LogP contribution is -2.26. The van der Waals surface area contributed by atoms with Gasteiger partial charge in [-0.15, -0.1) is 11.8 Å². The molecule has 0 saturated heterocycles. The standard InChI is InChI=1S/C24H19F4N7O2S/c1-3-38-23-19(21-31-15-10-18(24(26,27)28)30-11-17(15)34(21)2)20-29-9-8-16(35(20)32-23)22(36)33-37-12-13-4-6-14(25)7-5-13/h4-11H,3,12H2,1-2H3,(H,33,36). The first kappa shape index (κ1) is 25.6. The van der Waals surface area contributed by atoms with Gasteiger partial charge in [0.15, 0.2) is 5.65 Å². The molecule has 4 heterocycles. The Morgan fingerprint density at radius 1 is 1.16 bits per heavy atom.